The monoisotopic (exact) mass is 204 g/mol. The lowest BCUT2D eigenvalue weighted by Crippen LogP contribution is -2.12. The second kappa shape index (κ2) is 4.47. The number of hydrogen-bond donors (Lipinski definition) is 0. The summed E-state index contributed by atoms with van der Waals surface area (Å²) in [7, 11) is 1.47. The van der Waals surface area contributed by atoms with Crippen LogP contribution in [0.3, 0.4) is 0 Å². The molecule has 0 aliphatic heterocycles. The summed E-state index contributed by atoms with van der Waals surface area (Å²) in [6, 6.07) is 10.4. The van der Waals surface area contributed by atoms with E-state index in [1.165, 1.54) is 12.7 Å². The molecule has 0 amide bonds. The first-order valence-corrected chi connectivity index (χ1v) is 5.44. The van der Waals surface area contributed by atoms with E-state index in [9.17, 15) is 4.79 Å². The molecular weight excluding hydrogens is 188 g/mol. The number of benzene rings is 1. The first kappa shape index (κ1) is 10.2. The molecule has 0 unspecified atom stereocenters. The maximum atomic E-state index is 11.4. The molecule has 2 rings (SSSR count). The van der Waals surface area contributed by atoms with Gasteiger partial charge in [-0.05, 0) is 30.7 Å². The third-order valence-electron chi connectivity index (χ3n) is 3.24. The van der Waals surface area contributed by atoms with Crippen molar-refractivity contribution in [2.24, 2.45) is 5.92 Å². The van der Waals surface area contributed by atoms with E-state index in [-0.39, 0.29) is 11.9 Å². The summed E-state index contributed by atoms with van der Waals surface area (Å²) in [5.41, 5.74) is 1.35. The standard InChI is InChI=1S/C13H16O2/c1-15-13(14)12-8-7-11(9-12)10-5-3-2-4-6-10/h2-6,11-12H,7-9H2,1H3/t11-,12+/m1/s1. The van der Waals surface area contributed by atoms with Crippen LogP contribution in [0.4, 0.5) is 0 Å². The summed E-state index contributed by atoms with van der Waals surface area (Å²) in [6.07, 6.45) is 3.01. The van der Waals surface area contributed by atoms with Gasteiger partial charge in [-0.1, -0.05) is 30.3 Å². The molecule has 0 saturated heterocycles. The molecule has 1 aromatic carbocycles. The summed E-state index contributed by atoms with van der Waals surface area (Å²) in [4.78, 5) is 11.4. The van der Waals surface area contributed by atoms with E-state index in [0.717, 1.165) is 19.3 Å². The van der Waals surface area contributed by atoms with Crippen LogP contribution in [0.25, 0.3) is 0 Å². The lowest BCUT2D eigenvalue weighted by atomic mass is 9.96. The molecule has 1 aliphatic rings. The molecular formula is C13H16O2. The number of esters is 1. The Bertz CT molecular complexity index is 332. The first-order chi connectivity index (χ1) is 7.31. The van der Waals surface area contributed by atoms with Crippen molar-refractivity contribution in [1.82, 2.24) is 0 Å². The van der Waals surface area contributed by atoms with Crippen molar-refractivity contribution in [3.63, 3.8) is 0 Å². The van der Waals surface area contributed by atoms with E-state index >= 15 is 0 Å². The van der Waals surface area contributed by atoms with Crippen molar-refractivity contribution < 1.29 is 9.53 Å². The van der Waals surface area contributed by atoms with Gasteiger partial charge in [-0.2, -0.15) is 0 Å². The fraction of sp³-hybridized carbons (Fsp3) is 0.462. The number of carbonyl (C=O) groups is 1. The van der Waals surface area contributed by atoms with E-state index in [4.69, 9.17) is 4.74 Å². The Morgan fingerprint density at radius 3 is 2.67 bits per heavy atom. The molecule has 1 saturated carbocycles. The van der Waals surface area contributed by atoms with Gasteiger partial charge < -0.3 is 4.74 Å². The minimum absolute atomic E-state index is 0.0477. The maximum Gasteiger partial charge on any atom is 0.308 e. The Labute approximate surface area is 90.3 Å². The molecule has 2 atom stereocenters. The highest BCUT2D eigenvalue weighted by Crippen LogP contribution is 2.38. The third kappa shape index (κ3) is 2.20. The van der Waals surface area contributed by atoms with Gasteiger partial charge in [0.25, 0.3) is 0 Å². The van der Waals surface area contributed by atoms with Gasteiger partial charge in [0.05, 0.1) is 13.0 Å². The Morgan fingerprint density at radius 2 is 2.00 bits per heavy atom. The summed E-state index contributed by atoms with van der Waals surface area (Å²) in [5, 5.41) is 0. The van der Waals surface area contributed by atoms with E-state index in [2.05, 4.69) is 24.3 Å². The maximum absolute atomic E-state index is 11.4. The lowest BCUT2D eigenvalue weighted by molar-refractivity contribution is -0.145. The number of methoxy groups -OCH3 is 1. The van der Waals surface area contributed by atoms with Crippen LogP contribution < -0.4 is 0 Å². The summed E-state index contributed by atoms with van der Waals surface area (Å²) >= 11 is 0. The van der Waals surface area contributed by atoms with Crippen molar-refractivity contribution >= 4 is 5.97 Å². The quantitative estimate of drug-likeness (QED) is 0.692. The fourth-order valence-corrected chi connectivity index (χ4v) is 2.39. The smallest absolute Gasteiger partial charge is 0.308 e. The van der Waals surface area contributed by atoms with Crippen LogP contribution >= 0.6 is 0 Å². The minimum atomic E-state index is -0.0477. The van der Waals surface area contributed by atoms with Gasteiger partial charge in [0.1, 0.15) is 0 Å². The van der Waals surface area contributed by atoms with Crippen molar-refractivity contribution in [2.75, 3.05) is 7.11 Å². The minimum Gasteiger partial charge on any atom is -0.469 e. The molecule has 0 bridgehead atoms. The van der Waals surface area contributed by atoms with Gasteiger partial charge in [-0.15, -0.1) is 0 Å². The van der Waals surface area contributed by atoms with E-state index in [1.807, 2.05) is 6.07 Å². The third-order valence-corrected chi connectivity index (χ3v) is 3.24. The van der Waals surface area contributed by atoms with Gasteiger partial charge in [0.2, 0.25) is 0 Å². The molecule has 1 fully saturated rings. The van der Waals surface area contributed by atoms with Crippen LogP contribution in [0.1, 0.15) is 30.7 Å². The Kier molecular flexibility index (Phi) is 3.05. The van der Waals surface area contributed by atoms with Crippen molar-refractivity contribution in [3.05, 3.63) is 35.9 Å². The largest absolute Gasteiger partial charge is 0.469 e. The highest BCUT2D eigenvalue weighted by molar-refractivity contribution is 5.72. The zero-order valence-corrected chi connectivity index (χ0v) is 8.98. The van der Waals surface area contributed by atoms with Crippen LogP contribution in [0.5, 0.6) is 0 Å². The molecule has 0 aromatic heterocycles. The Morgan fingerprint density at radius 1 is 1.27 bits per heavy atom. The normalized spacial score (nSPS) is 25.1. The summed E-state index contributed by atoms with van der Waals surface area (Å²) in [5.74, 6) is 0.601. The SMILES string of the molecule is COC(=O)[C@H]1CC[C@@H](c2ccccc2)C1. The number of rotatable bonds is 2. The zero-order valence-electron chi connectivity index (χ0n) is 8.98. The number of carbonyl (C=O) groups excluding carboxylic acids is 1. The molecule has 1 aromatic rings. The molecule has 0 spiro atoms. The Hall–Kier alpha value is -1.31. The lowest BCUT2D eigenvalue weighted by Gasteiger charge is -2.10. The second-order valence-corrected chi connectivity index (χ2v) is 4.14. The van der Waals surface area contributed by atoms with Gasteiger partial charge in [0, 0.05) is 0 Å². The first-order valence-electron chi connectivity index (χ1n) is 5.44. The van der Waals surface area contributed by atoms with Gasteiger partial charge in [-0.3, -0.25) is 4.79 Å². The molecule has 1 aliphatic carbocycles. The van der Waals surface area contributed by atoms with Crippen LogP contribution in [-0.2, 0) is 9.53 Å². The van der Waals surface area contributed by atoms with E-state index in [0.29, 0.717) is 5.92 Å². The summed E-state index contributed by atoms with van der Waals surface area (Å²) < 4.78 is 4.78. The number of hydrogen-bond acceptors (Lipinski definition) is 2. The molecule has 0 radical (unpaired) electrons. The molecule has 0 heterocycles. The van der Waals surface area contributed by atoms with Crippen molar-refractivity contribution in [1.29, 1.82) is 0 Å². The van der Waals surface area contributed by atoms with Crippen LogP contribution in [-0.4, -0.2) is 13.1 Å². The highest BCUT2D eigenvalue weighted by Gasteiger charge is 2.31. The predicted octanol–water partition coefficient (Wildman–Crippen LogP) is 2.74. The van der Waals surface area contributed by atoms with Gasteiger partial charge >= 0.3 is 5.97 Å². The topological polar surface area (TPSA) is 26.3 Å². The molecule has 2 nitrogen and oxygen atoms in total. The Balaban J connectivity index is 2.02. The van der Waals surface area contributed by atoms with E-state index in [1.54, 1.807) is 0 Å². The molecule has 0 N–H and O–H groups in total. The molecule has 15 heavy (non-hydrogen) atoms. The average Bonchev–Trinajstić information content (AvgIpc) is 2.78. The van der Waals surface area contributed by atoms with Crippen LogP contribution in [0, 0.1) is 5.92 Å². The second-order valence-electron chi connectivity index (χ2n) is 4.14. The van der Waals surface area contributed by atoms with Crippen molar-refractivity contribution in [3.8, 4) is 0 Å². The van der Waals surface area contributed by atoms with Gasteiger partial charge in [-0.25, -0.2) is 0 Å². The molecule has 80 valence electrons. The van der Waals surface area contributed by atoms with Crippen molar-refractivity contribution in [2.45, 2.75) is 25.2 Å². The van der Waals surface area contributed by atoms with Gasteiger partial charge in [0.15, 0.2) is 0 Å². The van der Waals surface area contributed by atoms with E-state index < -0.39 is 0 Å². The number of ether oxygens (including phenoxy) is 1. The molecule has 2 heteroatoms. The zero-order chi connectivity index (χ0) is 10.7. The fourth-order valence-electron chi connectivity index (χ4n) is 2.39. The highest BCUT2D eigenvalue weighted by atomic mass is 16.5. The van der Waals surface area contributed by atoms with Crippen LogP contribution in [0.2, 0.25) is 0 Å². The average molecular weight is 204 g/mol. The summed E-state index contributed by atoms with van der Waals surface area (Å²) in [6.45, 7) is 0. The predicted molar refractivity (Wildman–Crippen MR) is 58.5 cm³/mol. The van der Waals surface area contributed by atoms with Crippen LogP contribution in [0.15, 0.2) is 30.3 Å².